The van der Waals surface area contributed by atoms with Crippen molar-refractivity contribution in [2.45, 2.75) is 36.7 Å². The molecule has 0 atom stereocenters. The molecule has 0 bridgehead atoms. The van der Waals surface area contributed by atoms with E-state index >= 15 is 0 Å². The molecule has 1 aromatic carbocycles. The Kier molecular flexibility index (Phi) is 7.74. The van der Waals surface area contributed by atoms with Crippen molar-refractivity contribution in [3.05, 3.63) is 48.5 Å². The van der Waals surface area contributed by atoms with Crippen molar-refractivity contribution in [1.82, 2.24) is 19.2 Å². The highest BCUT2D eigenvalue weighted by Crippen LogP contribution is 2.34. The SMILES string of the molecule is CC(=O)N(Sc1nc(-c2csc(=S)[nH]2)cs1)C1CCN(Cc2ccc(Cl)c(Cl)c2)CC1. The molecule has 4 rings (SSSR count). The summed E-state index contributed by atoms with van der Waals surface area (Å²) in [4.78, 5) is 22.6. The molecule has 11 heteroatoms. The van der Waals surface area contributed by atoms with Crippen molar-refractivity contribution >= 4 is 75.9 Å². The molecule has 164 valence electrons. The maximum Gasteiger partial charge on any atom is 0.229 e. The van der Waals surface area contributed by atoms with Crippen LogP contribution in [0, 0.1) is 3.95 Å². The number of hydrogen-bond donors (Lipinski definition) is 1. The van der Waals surface area contributed by atoms with E-state index in [1.807, 2.05) is 33.3 Å². The number of aromatic amines is 1. The van der Waals surface area contributed by atoms with Crippen molar-refractivity contribution in [2.24, 2.45) is 0 Å². The number of benzene rings is 1. The quantitative estimate of drug-likeness (QED) is 0.282. The second-order valence-corrected chi connectivity index (χ2v) is 11.7. The van der Waals surface area contributed by atoms with Gasteiger partial charge in [0.15, 0.2) is 8.29 Å². The van der Waals surface area contributed by atoms with Gasteiger partial charge in [-0.25, -0.2) is 4.98 Å². The second-order valence-electron chi connectivity index (χ2n) is 7.25. The number of hydrogen-bond acceptors (Lipinski definition) is 7. The number of carbonyl (C=O) groups is 1. The fourth-order valence-corrected chi connectivity index (χ4v) is 6.56. The fraction of sp³-hybridized carbons (Fsp3) is 0.350. The molecule has 3 aromatic rings. The molecule has 3 heterocycles. The minimum atomic E-state index is 0.0552. The van der Waals surface area contributed by atoms with Gasteiger partial charge in [0.05, 0.1) is 21.4 Å². The van der Waals surface area contributed by atoms with E-state index in [1.165, 1.54) is 23.3 Å². The van der Waals surface area contributed by atoms with Gasteiger partial charge in [-0.05, 0) is 42.8 Å². The molecule has 1 fully saturated rings. The summed E-state index contributed by atoms with van der Waals surface area (Å²) in [5.74, 6) is 0.0552. The summed E-state index contributed by atoms with van der Waals surface area (Å²) in [6.45, 7) is 4.29. The van der Waals surface area contributed by atoms with Crippen molar-refractivity contribution in [3.63, 3.8) is 0 Å². The Balaban J connectivity index is 1.36. The van der Waals surface area contributed by atoms with Crippen molar-refractivity contribution < 1.29 is 4.79 Å². The van der Waals surface area contributed by atoms with Gasteiger partial charge in [0.1, 0.15) is 0 Å². The molecule has 5 nitrogen and oxygen atoms in total. The Morgan fingerprint density at radius 3 is 2.71 bits per heavy atom. The third kappa shape index (κ3) is 5.90. The second kappa shape index (κ2) is 10.3. The van der Waals surface area contributed by atoms with Crippen LogP contribution >= 0.6 is 70.0 Å². The smallest absolute Gasteiger partial charge is 0.229 e. The van der Waals surface area contributed by atoms with Crippen LogP contribution in [0.2, 0.25) is 10.0 Å². The topological polar surface area (TPSA) is 52.2 Å². The summed E-state index contributed by atoms with van der Waals surface area (Å²) in [6, 6.07) is 5.96. The van der Waals surface area contributed by atoms with E-state index in [1.54, 1.807) is 18.3 Å². The lowest BCUT2D eigenvalue weighted by Crippen LogP contribution is -2.43. The number of amides is 1. The predicted molar refractivity (Wildman–Crippen MR) is 134 cm³/mol. The van der Waals surface area contributed by atoms with Gasteiger partial charge >= 0.3 is 0 Å². The zero-order valence-electron chi connectivity index (χ0n) is 16.6. The first-order chi connectivity index (χ1) is 14.9. The summed E-state index contributed by atoms with van der Waals surface area (Å²) in [5.41, 5.74) is 2.93. The minimum absolute atomic E-state index is 0.0552. The summed E-state index contributed by atoms with van der Waals surface area (Å²) in [5, 5.41) is 5.12. The standard InChI is InChI=1S/C20H20Cl2N4OS4/c1-12(27)26(31-20-24-18(11-30-20)17-10-29-19(28)23-17)14-4-6-25(7-5-14)9-13-2-3-15(21)16(22)8-13/h2-3,8,10-11,14H,4-7,9H2,1H3,(H,23,28). The van der Waals surface area contributed by atoms with Crippen molar-refractivity contribution in [3.8, 4) is 11.4 Å². The first kappa shape index (κ1) is 23.2. The van der Waals surface area contributed by atoms with E-state index in [0.717, 1.165) is 57.7 Å². The molecule has 1 aliphatic rings. The van der Waals surface area contributed by atoms with E-state index in [2.05, 4.69) is 14.9 Å². The lowest BCUT2D eigenvalue weighted by molar-refractivity contribution is -0.125. The number of nitrogens with zero attached hydrogens (tertiary/aromatic N) is 3. The largest absolute Gasteiger partial charge is 0.336 e. The number of nitrogens with one attached hydrogen (secondary N) is 1. The normalized spacial score (nSPS) is 15.3. The number of piperidine rings is 1. The molecule has 2 aromatic heterocycles. The Labute approximate surface area is 208 Å². The van der Waals surface area contributed by atoms with Gasteiger partial charge < -0.3 is 4.98 Å². The Morgan fingerprint density at radius 2 is 2.06 bits per heavy atom. The zero-order chi connectivity index (χ0) is 22.0. The number of halogens is 2. The maximum atomic E-state index is 12.4. The van der Waals surface area contributed by atoms with E-state index < -0.39 is 0 Å². The molecule has 1 amide bonds. The number of carbonyl (C=O) groups excluding carboxylic acids is 1. The number of aromatic nitrogens is 2. The maximum absolute atomic E-state index is 12.4. The third-order valence-electron chi connectivity index (χ3n) is 5.05. The number of thiazole rings is 2. The lowest BCUT2D eigenvalue weighted by Gasteiger charge is -2.37. The van der Waals surface area contributed by atoms with Crippen LogP contribution in [-0.4, -0.2) is 44.2 Å². The first-order valence-electron chi connectivity index (χ1n) is 9.67. The van der Waals surface area contributed by atoms with Gasteiger partial charge in [-0.15, -0.1) is 22.7 Å². The molecular weight excluding hydrogens is 511 g/mol. The number of likely N-dealkylation sites (tertiary alicyclic amines) is 1. The molecule has 0 spiro atoms. The summed E-state index contributed by atoms with van der Waals surface area (Å²) in [6.07, 6.45) is 1.84. The highest BCUT2D eigenvalue weighted by molar-refractivity contribution is 7.99. The van der Waals surface area contributed by atoms with Gasteiger partial charge in [0, 0.05) is 55.3 Å². The Hall–Kier alpha value is -0.940. The molecule has 1 saturated heterocycles. The zero-order valence-corrected chi connectivity index (χ0v) is 21.4. The molecule has 0 radical (unpaired) electrons. The first-order valence-corrected chi connectivity index (χ1v) is 13.4. The van der Waals surface area contributed by atoms with Crippen LogP contribution in [0.4, 0.5) is 0 Å². The lowest BCUT2D eigenvalue weighted by atomic mass is 10.0. The van der Waals surface area contributed by atoms with Gasteiger partial charge in [-0.1, -0.05) is 29.3 Å². The molecule has 1 N–H and O–H groups in total. The summed E-state index contributed by atoms with van der Waals surface area (Å²) >= 11 is 21.8. The van der Waals surface area contributed by atoms with Gasteiger partial charge in [-0.3, -0.25) is 14.0 Å². The van der Waals surface area contributed by atoms with Crippen LogP contribution in [0.15, 0.2) is 33.3 Å². The molecule has 0 saturated carbocycles. The molecule has 31 heavy (non-hydrogen) atoms. The molecule has 1 aliphatic heterocycles. The number of rotatable bonds is 6. The van der Waals surface area contributed by atoms with Gasteiger partial charge in [0.25, 0.3) is 0 Å². The summed E-state index contributed by atoms with van der Waals surface area (Å²) in [7, 11) is 0. The van der Waals surface area contributed by atoms with Gasteiger partial charge in [-0.2, -0.15) is 0 Å². The molecule has 0 aliphatic carbocycles. The van der Waals surface area contributed by atoms with Gasteiger partial charge in [0.2, 0.25) is 5.91 Å². The summed E-state index contributed by atoms with van der Waals surface area (Å²) < 4.78 is 3.47. The average Bonchev–Trinajstić information content (AvgIpc) is 3.38. The molecular formula is C20H20Cl2N4OS4. The van der Waals surface area contributed by atoms with E-state index in [9.17, 15) is 4.79 Å². The molecule has 0 unspecified atom stereocenters. The van der Waals surface area contributed by atoms with Crippen molar-refractivity contribution in [1.29, 1.82) is 0 Å². The Bertz CT molecular complexity index is 1120. The average molecular weight is 532 g/mol. The van der Waals surface area contributed by atoms with E-state index in [4.69, 9.17) is 35.4 Å². The highest BCUT2D eigenvalue weighted by Gasteiger charge is 2.28. The Morgan fingerprint density at radius 1 is 1.29 bits per heavy atom. The van der Waals surface area contributed by atoms with Crippen LogP contribution in [-0.2, 0) is 11.3 Å². The third-order valence-corrected chi connectivity index (χ3v) is 8.99. The van der Waals surface area contributed by atoms with E-state index in [0.29, 0.717) is 10.0 Å². The van der Waals surface area contributed by atoms with Crippen LogP contribution < -0.4 is 0 Å². The van der Waals surface area contributed by atoms with E-state index in [-0.39, 0.29) is 11.9 Å². The van der Waals surface area contributed by atoms with Crippen LogP contribution in [0.5, 0.6) is 0 Å². The monoisotopic (exact) mass is 530 g/mol. The predicted octanol–water partition coefficient (Wildman–Crippen LogP) is 6.76. The minimum Gasteiger partial charge on any atom is -0.336 e. The van der Waals surface area contributed by atoms with Crippen LogP contribution in [0.1, 0.15) is 25.3 Å². The fourth-order valence-electron chi connectivity index (χ4n) is 3.52. The number of H-pyrrole nitrogens is 1. The van der Waals surface area contributed by atoms with Crippen molar-refractivity contribution in [2.75, 3.05) is 13.1 Å². The van der Waals surface area contributed by atoms with Crippen LogP contribution in [0.25, 0.3) is 11.4 Å². The highest BCUT2D eigenvalue weighted by atomic mass is 35.5. The van der Waals surface area contributed by atoms with Crippen LogP contribution in [0.3, 0.4) is 0 Å².